The van der Waals surface area contributed by atoms with Gasteiger partial charge < -0.3 is 9.84 Å². The van der Waals surface area contributed by atoms with Gasteiger partial charge in [-0.1, -0.05) is 66.6 Å². The van der Waals surface area contributed by atoms with E-state index in [0.29, 0.717) is 29.8 Å². The van der Waals surface area contributed by atoms with Crippen LogP contribution in [-0.4, -0.2) is 20.1 Å². The number of rotatable bonds is 11. The van der Waals surface area contributed by atoms with Gasteiger partial charge >= 0.3 is 0 Å². The fourth-order valence-electron chi connectivity index (χ4n) is 5.54. The van der Waals surface area contributed by atoms with Crippen molar-refractivity contribution in [2.45, 2.75) is 78.2 Å². The molecule has 0 saturated heterocycles. The molecule has 5 heteroatoms. The van der Waals surface area contributed by atoms with E-state index in [1.54, 1.807) is 18.2 Å². The molecule has 0 aliphatic heterocycles. The van der Waals surface area contributed by atoms with Crippen LogP contribution in [0, 0.1) is 27.7 Å². The molecule has 38 heavy (non-hydrogen) atoms. The van der Waals surface area contributed by atoms with E-state index in [2.05, 4.69) is 86.0 Å². The Balaban J connectivity index is 1.64. The Morgan fingerprint density at radius 3 is 1.95 bits per heavy atom. The van der Waals surface area contributed by atoms with Crippen molar-refractivity contribution < 1.29 is 9.84 Å². The number of hydrogen-bond acceptors (Lipinski definition) is 5. The molecule has 1 N–H and O–H groups in total. The summed E-state index contributed by atoms with van der Waals surface area (Å²) in [6.45, 7) is 11.0. The maximum atomic E-state index is 10.4. The molecule has 3 atom stereocenters. The number of phenols is 1. The molecule has 0 spiro atoms. The first-order valence-electron chi connectivity index (χ1n) is 13.6. The molecule has 1 aromatic heterocycles. The average molecular weight is 510 g/mol. The van der Waals surface area contributed by atoms with E-state index in [9.17, 15) is 5.11 Å². The zero-order valence-corrected chi connectivity index (χ0v) is 23.2. The lowest BCUT2D eigenvalue weighted by atomic mass is 9.78. The molecule has 198 valence electrons. The zero-order chi connectivity index (χ0) is 27.1. The molecule has 0 aliphatic rings. The summed E-state index contributed by atoms with van der Waals surface area (Å²) in [6.07, 6.45) is 6.33. The van der Waals surface area contributed by atoms with Crippen molar-refractivity contribution in [3.8, 4) is 11.5 Å². The van der Waals surface area contributed by atoms with Gasteiger partial charge in [0.1, 0.15) is 12.7 Å². The summed E-state index contributed by atoms with van der Waals surface area (Å²) in [5.41, 5.74) is 8.08. The molecule has 0 amide bonds. The maximum Gasteiger partial charge on any atom is 0.172 e. The van der Waals surface area contributed by atoms with Crippen molar-refractivity contribution in [1.82, 2.24) is 15.0 Å². The summed E-state index contributed by atoms with van der Waals surface area (Å²) in [4.78, 5) is 12.8. The average Bonchev–Trinajstić information content (AvgIpc) is 2.90. The molecule has 0 aliphatic carbocycles. The van der Waals surface area contributed by atoms with Crippen molar-refractivity contribution >= 4 is 0 Å². The van der Waals surface area contributed by atoms with Crippen LogP contribution in [0.25, 0.3) is 0 Å². The third kappa shape index (κ3) is 6.77. The summed E-state index contributed by atoms with van der Waals surface area (Å²) in [5.74, 6) is 1.90. The Labute approximate surface area is 227 Å². The Morgan fingerprint density at radius 1 is 0.763 bits per heavy atom. The highest BCUT2D eigenvalue weighted by molar-refractivity contribution is 5.39. The molecular formula is C33H39N3O2. The monoisotopic (exact) mass is 509 g/mol. The van der Waals surface area contributed by atoms with Crippen LogP contribution in [-0.2, 0) is 0 Å². The second kappa shape index (κ2) is 12.7. The van der Waals surface area contributed by atoms with Crippen molar-refractivity contribution in [3.05, 3.63) is 113 Å². The first kappa shape index (κ1) is 27.3. The third-order valence-corrected chi connectivity index (χ3v) is 7.51. The van der Waals surface area contributed by atoms with Crippen molar-refractivity contribution in [1.29, 1.82) is 0 Å². The van der Waals surface area contributed by atoms with E-state index in [4.69, 9.17) is 4.74 Å². The van der Waals surface area contributed by atoms with E-state index in [-0.39, 0.29) is 5.75 Å². The predicted molar refractivity (Wildman–Crippen MR) is 153 cm³/mol. The number of ether oxygens (including phenoxy) is 1. The second-order valence-electron chi connectivity index (χ2n) is 10.4. The molecule has 5 nitrogen and oxygen atoms in total. The van der Waals surface area contributed by atoms with Gasteiger partial charge in [-0.25, -0.2) is 15.0 Å². The maximum absolute atomic E-state index is 10.4. The third-order valence-electron chi connectivity index (χ3n) is 7.51. The van der Waals surface area contributed by atoms with E-state index in [1.165, 1.54) is 46.0 Å². The van der Waals surface area contributed by atoms with Gasteiger partial charge in [-0.3, -0.25) is 0 Å². The van der Waals surface area contributed by atoms with Gasteiger partial charge in [-0.15, -0.1) is 0 Å². The minimum absolute atomic E-state index is 0.110. The minimum atomic E-state index is -0.402. The largest absolute Gasteiger partial charge is 0.504 e. The molecule has 4 aromatic rings. The van der Waals surface area contributed by atoms with Crippen LogP contribution < -0.4 is 4.74 Å². The van der Waals surface area contributed by atoms with E-state index in [1.807, 2.05) is 6.07 Å². The summed E-state index contributed by atoms with van der Waals surface area (Å²) < 4.78 is 6.31. The fourth-order valence-corrected chi connectivity index (χ4v) is 5.54. The Bertz CT molecular complexity index is 1340. The molecule has 3 unspecified atom stereocenters. The Morgan fingerprint density at radius 2 is 1.37 bits per heavy atom. The lowest BCUT2D eigenvalue weighted by Crippen LogP contribution is -2.15. The number of nitrogens with zero attached hydrogens (tertiary/aromatic N) is 3. The van der Waals surface area contributed by atoms with Gasteiger partial charge in [0.15, 0.2) is 23.4 Å². The highest BCUT2D eigenvalue weighted by atomic mass is 16.5. The number of aromatic hydroxyl groups is 1. The van der Waals surface area contributed by atoms with Crippen LogP contribution in [0.4, 0.5) is 0 Å². The number of aryl methyl sites for hydroxylation is 4. The van der Waals surface area contributed by atoms with Crippen molar-refractivity contribution in [2.24, 2.45) is 0 Å². The van der Waals surface area contributed by atoms with Gasteiger partial charge in [-0.2, -0.15) is 0 Å². The lowest BCUT2D eigenvalue weighted by Gasteiger charge is -2.28. The standard InChI is InChI=1S/C33H39N3O2/c1-6-26(28-14-11-22(2)17-24(28)4)19-27(29-15-12-23(3)18-25(29)5)13-16-32(33-35-20-34-21-36-33)38-31-10-8-7-9-30(31)37/h7-12,14-15,17-18,20-21,26-27,32,37H,6,13,16,19H2,1-5H3. The van der Waals surface area contributed by atoms with E-state index >= 15 is 0 Å². The highest BCUT2D eigenvalue weighted by Gasteiger charge is 2.25. The van der Waals surface area contributed by atoms with Gasteiger partial charge in [0, 0.05) is 0 Å². The summed E-state index contributed by atoms with van der Waals surface area (Å²) in [7, 11) is 0. The molecule has 3 aromatic carbocycles. The fraction of sp³-hybridized carbons (Fsp3) is 0.364. The molecule has 1 heterocycles. The number of benzene rings is 3. The van der Waals surface area contributed by atoms with E-state index in [0.717, 1.165) is 19.3 Å². The van der Waals surface area contributed by atoms with Gasteiger partial charge in [-0.05, 0) is 99.6 Å². The molecule has 4 rings (SSSR count). The van der Waals surface area contributed by atoms with Crippen molar-refractivity contribution in [2.75, 3.05) is 0 Å². The van der Waals surface area contributed by atoms with Gasteiger partial charge in [0.25, 0.3) is 0 Å². The summed E-state index contributed by atoms with van der Waals surface area (Å²) in [5, 5.41) is 10.4. The number of para-hydroxylation sites is 2. The van der Waals surface area contributed by atoms with Crippen LogP contribution in [0.2, 0.25) is 0 Å². The van der Waals surface area contributed by atoms with Gasteiger partial charge in [0.05, 0.1) is 0 Å². The zero-order valence-electron chi connectivity index (χ0n) is 23.2. The second-order valence-corrected chi connectivity index (χ2v) is 10.4. The highest BCUT2D eigenvalue weighted by Crippen LogP contribution is 2.40. The Hall–Kier alpha value is -3.73. The number of aromatic nitrogens is 3. The molecule has 0 bridgehead atoms. The SMILES string of the molecule is CCC(CC(CCC(Oc1ccccc1O)c1ncncn1)c1ccc(C)cc1C)c1ccc(C)cc1C. The predicted octanol–water partition coefficient (Wildman–Crippen LogP) is 8.08. The van der Waals surface area contributed by atoms with Crippen LogP contribution >= 0.6 is 0 Å². The number of phenolic OH excluding ortho intramolecular Hbond substituents is 1. The van der Waals surface area contributed by atoms with Crippen LogP contribution in [0.1, 0.15) is 89.8 Å². The first-order chi connectivity index (χ1) is 18.4. The van der Waals surface area contributed by atoms with Crippen molar-refractivity contribution in [3.63, 3.8) is 0 Å². The van der Waals surface area contributed by atoms with Crippen LogP contribution in [0.5, 0.6) is 11.5 Å². The topological polar surface area (TPSA) is 68.1 Å². The van der Waals surface area contributed by atoms with Crippen LogP contribution in [0.3, 0.4) is 0 Å². The molecule has 0 saturated carbocycles. The quantitative estimate of drug-likeness (QED) is 0.221. The Kier molecular flexibility index (Phi) is 9.11. The molecular weight excluding hydrogens is 470 g/mol. The van der Waals surface area contributed by atoms with E-state index < -0.39 is 6.10 Å². The summed E-state index contributed by atoms with van der Waals surface area (Å²) >= 11 is 0. The normalized spacial score (nSPS) is 13.6. The molecule has 0 fully saturated rings. The smallest absolute Gasteiger partial charge is 0.172 e. The number of hydrogen-bond donors (Lipinski definition) is 1. The summed E-state index contributed by atoms with van der Waals surface area (Å²) in [6, 6.07) is 20.7. The lowest BCUT2D eigenvalue weighted by molar-refractivity contribution is 0.170. The molecule has 0 radical (unpaired) electrons. The van der Waals surface area contributed by atoms with Gasteiger partial charge in [0.2, 0.25) is 0 Å². The first-order valence-corrected chi connectivity index (χ1v) is 13.6. The van der Waals surface area contributed by atoms with Crippen LogP contribution in [0.15, 0.2) is 73.3 Å². The minimum Gasteiger partial charge on any atom is -0.504 e.